The Balaban J connectivity index is 0. The summed E-state index contributed by atoms with van der Waals surface area (Å²) in [5.74, 6) is -5.66. The topological polar surface area (TPSA) is 169 Å². The fourth-order valence-electron chi connectivity index (χ4n) is 0.795. The quantitative estimate of drug-likeness (QED) is 0.387. The molecular weight excluding hydrogens is 288 g/mol. The molecule has 0 saturated carbocycles. The summed E-state index contributed by atoms with van der Waals surface area (Å²) in [6, 6.07) is 0. The van der Waals surface area contributed by atoms with Crippen molar-refractivity contribution in [1.82, 2.24) is 0 Å². The summed E-state index contributed by atoms with van der Waals surface area (Å²) in [7, 11) is 0. The van der Waals surface area contributed by atoms with Gasteiger partial charge in [0.05, 0.1) is 19.3 Å². The predicted octanol–water partition coefficient (Wildman–Crippen LogP) is -0.549. The highest BCUT2D eigenvalue weighted by Gasteiger charge is 2.40. The van der Waals surface area contributed by atoms with Gasteiger partial charge in [-0.3, -0.25) is 14.4 Å². The molecule has 0 bridgehead atoms. The molecule has 0 aromatic carbocycles. The predicted molar refractivity (Wildman–Crippen MR) is 60.1 cm³/mol. The van der Waals surface area contributed by atoms with Gasteiger partial charge in [-0.1, -0.05) is 0 Å². The second kappa shape index (κ2) is 9.11. The van der Waals surface area contributed by atoms with Crippen LogP contribution in [0.5, 0.6) is 0 Å². The van der Waals surface area contributed by atoms with Crippen LogP contribution in [-0.4, -0.2) is 60.9 Å². The van der Waals surface area contributed by atoms with Gasteiger partial charge in [0.2, 0.25) is 0 Å². The van der Waals surface area contributed by atoms with E-state index < -0.39 is 42.3 Å². The molecule has 0 amide bonds. The lowest BCUT2D eigenvalue weighted by Crippen LogP contribution is -2.42. The number of aliphatic hydroxyl groups is 1. The average molecular weight is 301 g/mol. The highest BCUT2D eigenvalue weighted by molar-refractivity contribution is 6.18. The first-order chi connectivity index (χ1) is 8.55. The molecule has 0 aliphatic carbocycles. The van der Waals surface area contributed by atoms with Crippen LogP contribution < -0.4 is 0 Å². The molecule has 0 saturated heterocycles. The number of carbonyl (C=O) groups is 4. The third-order valence-corrected chi connectivity index (χ3v) is 1.78. The van der Waals surface area contributed by atoms with Crippen molar-refractivity contribution in [3.63, 3.8) is 0 Å². The second-order valence-electron chi connectivity index (χ2n) is 3.31. The maximum absolute atomic E-state index is 10.3. The van der Waals surface area contributed by atoms with E-state index in [-0.39, 0.29) is 12.3 Å². The van der Waals surface area contributed by atoms with Gasteiger partial charge in [-0.25, -0.2) is 4.79 Å². The monoisotopic (exact) mass is 300 g/mol. The van der Waals surface area contributed by atoms with Gasteiger partial charge in [-0.05, 0) is 0 Å². The molecule has 0 heterocycles. The fraction of sp³-hybridized carbons (Fsp3) is 0.556. The normalized spacial score (nSPS) is 10.0. The van der Waals surface area contributed by atoms with Crippen molar-refractivity contribution in [2.45, 2.75) is 24.9 Å². The third-order valence-electron chi connectivity index (χ3n) is 1.59. The Labute approximate surface area is 112 Å². The number of carboxylic acids is 4. The SMILES string of the molecule is O=C(O)CC(O)(CC(=O)O)C(=O)O.O=C(O)CCCl. The van der Waals surface area contributed by atoms with Crippen molar-refractivity contribution in [3.05, 3.63) is 0 Å². The molecule has 0 aliphatic rings. The van der Waals surface area contributed by atoms with Crippen molar-refractivity contribution in [2.24, 2.45) is 0 Å². The van der Waals surface area contributed by atoms with Crippen LogP contribution in [0.2, 0.25) is 0 Å². The lowest BCUT2D eigenvalue weighted by atomic mass is 9.96. The minimum atomic E-state index is -2.74. The molecule has 110 valence electrons. The first-order valence-corrected chi connectivity index (χ1v) is 5.25. The smallest absolute Gasteiger partial charge is 0.336 e. The number of hydrogen-bond acceptors (Lipinski definition) is 5. The lowest BCUT2D eigenvalue weighted by molar-refractivity contribution is -0.170. The highest BCUT2D eigenvalue weighted by Crippen LogP contribution is 2.15. The van der Waals surface area contributed by atoms with Gasteiger partial charge in [0.25, 0.3) is 0 Å². The van der Waals surface area contributed by atoms with Crippen molar-refractivity contribution < 1.29 is 44.7 Å². The summed E-state index contributed by atoms with van der Waals surface area (Å²) >= 11 is 5.02. The van der Waals surface area contributed by atoms with Gasteiger partial charge >= 0.3 is 23.9 Å². The second-order valence-corrected chi connectivity index (χ2v) is 3.69. The molecule has 0 unspecified atom stereocenters. The van der Waals surface area contributed by atoms with Crippen LogP contribution >= 0.6 is 11.6 Å². The Morgan fingerprint density at radius 1 is 0.842 bits per heavy atom. The molecule has 0 fully saturated rings. The standard InChI is InChI=1S/C6H8O7.C3H5ClO2/c7-3(8)1-6(13,5(11)12)2-4(9)10;4-2-1-3(5)6/h13H,1-2H2,(H,7,8)(H,9,10)(H,11,12);1-2H2,(H,5,6). The zero-order chi connectivity index (χ0) is 15.6. The van der Waals surface area contributed by atoms with Crippen molar-refractivity contribution >= 4 is 35.5 Å². The van der Waals surface area contributed by atoms with Crippen LogP contribution in [0, 0.1) is 0 Å². The number of carboxylic acid groups (broad SMARTS) is 4. The summed E-state index contributed by atoms with van der Waals surface area (Å²) < 4.78 is 0. The number of halogens is 1. The van der Waals surface area contributed by atoms with Crippen LogP contribution in [0.1, 0.15) is 19.3 Å². The molecule has 0 rings (SSSR count). The molecule has 0 radical (unpaired) electrons. The van der Waals surface area contributed by atoms with E-state index in [9.17, 15) is 19.2 Å². The molecule has 0 aromatic rings. The number of alkyl halides is 1. The van der Waals surface area contributed by atoms with E-state index in [0.717, 1.165) is 0 Å². The van der Waals surface area contributed by atoms with E-state index in [1.807, 2.05) is 0 Å². The van der Waals surface area contributed by atoms with E-state index in [1.165, 1.54) is 0 Å². The van der Waals surface area contributed by atoms with E-state index in [4.69, 9.17) is 37.1 Å². The molecule has 0 aliphatic heterocycles. The molecule has 0 atom stereocenters. The maximum Gasteiger partial charge on any atom is 0.336 e. The highest BCUT2D eigenvalue weighted by atomic mass is 35.5. The Kier molecular flexibility index (Phi) is 9.34. The summed E-state index contributed by atoms with van der Waals surface area (Å²) in [5, 5.41) is 41.6. The summed E-state index contributed by atoms with van der Waals surface area (Å²) in [6.45, 7) is 0. The van der Waals surface area contributed by atoms with Crippen molar-refractivity contribution in [1.29, 1.82) is 0 Å². The van der Waals surface area contributed by atoms with Gasteiger partial charge in [-0.15, -0.1) is 11.6 Å². The van der Waals surface area contributed by atoms with E-state index >= 15 is 0 Å². The third kappa shape index (κ3) is 11.0. The Morgan fingerprint density at radius 2 is 1.21 bits per heavy atom. The fourth-order valence-corrected chi connectivity index (χ4v) is 0.957. The summed E-state index contributed by atoms with van der Waals surface area (Å²) in [6.07, 6.45) is -2.23. The molecule has 5 N–H and O–H groups in total. The van der Waals surface area contributed by atoms with Gasteiger partial charge in [0.15, 0.2) is 5.60 Å². The van der Waals surface area contributed by atoms with Gasteiger partial charge in [-0.2, -0.15) is 0 Å². The first kappa shape index (κ1) is 19.5. The molecule has 9 nitrogen and oxygen atoms in total. The largest absolute Gasteiger partial charge is 0.481 e. The van der Waals surface area contributed by atoms with E-state index in [2.05, 4.69) is 0 Å². The van der Waals surface area contributed by atoms with Gasteiger partial charge in [0, 0.05) is 5.88 Å². The summed E-state index contributed by atoms with van der Waals surface area (Å²) in [5.41, 5.74) is -2.74. The lowest BCUT2D eigenvalue weighted by Gasteiger charge is -2.18. The van der Waals surface area contributed by atoms with Crippen LogP contribution in [0.15, 0.2) is 0 Å². The molecule has 10 heteroatoms. The van der Waals surface area contributed by atoms with E-state index in [1.54, 1.807) is 0 Å². The van der Waals surface area contributed by atoms with Crippen molar-refractivity contribution in [3.8, 4) is 0 Å². The Hall–Kier alpha value is -1.87. The minimum Gasteiger partial charge on any atom is -0.481 e. The zero-order valence-corrected chi connectivity index (χ0v) is 10.3. The maximum atomic E-state index is 10.3. The molecular formula is C9H13ClO9. The number of rotatable bonds is 7. The Bertz CT molecular complexity index is 336. The Morgan fingerprint density at radius 3 is 1.32 bits per heavy atom. The van der Waals surface area contributed by atoms with Crippen LogP contribution in [0.3, 0.4) is 0 Å². The van der Waals surface area contributed by atoms with Gasteiger partial charge < -0.3 is 25.5 Å². The number of hydrogen-bond donors (Lipinski definition) is 5. The first-order valence-electron chi connectivity index (χ1n) is 4.72. The van der Waals surface area contributed by atoms with Crippen molar-refractivity contribution in [2.75, 3.05) is 5.88 Å². The van der Waals surface area contributed by atoms with Crippen LogP contribution in [0.25, 0.3) is 0 Å². The summed E-state index contributed by atoms with van der Waals surface area (Å²) in [4.78, 5) is 40.0. The molecule has 19 heavy (non-hydrogen) atoms. The van der Waals surface area contributed by atoms with Gasteiger partial charge in [0.1, 0.15) is 0 Å². The zero-order valence-electron chi connectivity index (χ0n) is 9.58. The molecule has 0 spiro atoms. The number of aliphatic carboxylic acids is 4. The van der Waals surface area contributed by atoms with Crippen LogP contribution in [-0.2, 0) is 19.2 Å². The average Bonchev–Trinajstić information content (AvgIpc) is 2.14. The molecule has 0 aromatic heterocycles. The van der Waals surface area contributed by atoms with Crippen LogP contribution in [0.4, 0.5) is 0 Å². The van der Waals surface area contributed by atoms with E-state index in [0.29, 0.717) is 0 Å². The minimum absolute atomic E-state index is 0.0571.